The molecule has 0 aromatic rings. The summed E-state index contributed by atoms with van der Waals surface area (Å²) in [5.74, 6) is 0.105. The van der Waals surface area contributed by atoms with E-state index in [9.17, 15) is 13.2 Å². The molecule has 1 amide bonds. The molecule has 1 fully saturated rings. The minimum atomic E-state index is -3.88. The molecule has 6 nitrogen and oxygen atoms in total. The summed E-state index contributed by atoms with van der Waals surface area (Å²) < 4.78 is 32.1. The van der Waals surface area contributed by atoms with Crippen LogP contribution in [0.5, 0.6) is 0 Å². The summed E-state index contributed by atoms with van der Waals surface area (Å²) in [7, 11) is -3.88. The molecule has 0 radical (unpaired) electrons. The Morgan fingerprint density at radius 2 is 2.00 bits per heavy atom. The van der Waals surface area contributed by atoms with Gasteiger partial charge in [0.1, 0.15) is 0 Å². The lowest BCUT2D eigenvalue weighted by Crippen LogP contribution is -2.44. The van der Waals surface area contributed by atoms with Crippen LogP contribution >= 0.6 is 11.6 Å². The Kier molecular flexibility index (Phi) is 6.35. The molecular formula is C11H21ClN2O4S. The molecule has 0 heterocycles. The number of carbonyl (C=O) groups is 1. The molecule has 2 unspecified atom stereocenters. The van der Waals surface area contributed by atoms with E-state index in [4.69, 9.17) is 16.3 Å². The van der Waals surface area contributed by atoms with E-state index in [0.717, 1.165) is 25.7 Å². The Morgan fingerprint density at radius 1 is 1.37 bits per heavy atom. The first-order valence-corrected chi connectivity index (χ1v) is 8.34. The highest BCUT2D eigenvalue weighted by atomic mass is 35.5. The van der Waals surface area contributed by atoms with Crippen LogP contribution < -0.4 is 9.44 Å². The number of alkyl halides is 1. The summed E-state index contributed by atoms with van der Waals surface area (Å²) >= 11 is 6.14. The lowest BCUT2D eigenvalue weighted by Gasteiger charge is -2.26. The smallest absolute Gasteiger partial charge is 0.422 e. The highest BCUT2D eigenvalue weighted by molar-refractivity contribution is 7.88. The van der Waals surface area contributed by atoms with Gasteiger partial charge in [-0.05, 0) is 32.6 Å². The van der Waals surface area contributed by atoms with Crippen molar-refractivity contribution < 1.29 is 17.9 Å². The van der Waals surface area contributed by atoms with Crippen LogP contribution in [0.25, 0.3) is 0 Å². The fourth-order valence-corrected chi connectivity index (χ4v) is 3.14. The molecule has 2 atom stereocenters. The summed E-state index contributed by atoms with van der Waals surface area (Å²) in [6, 6.07) is 0. The van der Waals surface area contributed by atoms with Crippen molar-refractivity contribution in [2.45, 2.75) is 51.0 Å². The molecule has 1 aliphatic carbocycles. The number of nitrogens with one attached hydrogen (secondary N) is 2. The van der Waals surface area contributed by atoms with Crippen LogP contribution in [-0.2, 0) is 14.9 Å². The lowest BCUT2D eigenvalue weighted by atomic mass is 9.89. The molecule has 0 bridgehead atoms. The van der Waals surface area contributed by atoms with Gasteiger partial charge in [-0.15, -0.1) is 11.6 Å². The first-order chi connectivity index (χ1) is 8.80. The number of halogens is 1. The maximum atomic E-state index is 11.6. The zero-order valence-corrected chi connectivity index (χ0v) is 12.8. The number of carbonyl (C=O) groups excluding carboxylic acids is 1. The van der Waals surface area contributed by atoms with E-state index in [1.165, 1.54) is 0 Å². The van der Waals surface area contributed by atoms with Crippen LogP contribution in [0.4, 0.5) is 4.79 Å². The van der Waals surface area contributed by atoms with Gasteiger partial charge >= 0.3 is 16.3 Å². The molecule has 0 spiro atoms. The summed E-state index contributed by atoms with van der Waals surface area (Å²) in [6.07, 6.45) is 2.58. The van der Waals surface area contributed by atoms with Gasteiger partial charge in [0, 0.05) is 11.9 Å². The Morgan fingerprint density at radius 3 is 2.58 bits per heavy atom. The van der Waals surface area contributed by atoms with Crippen molar-refractivity contribution in [3.8, 4) is 0 Å². The summed E-state index contributed by atoms with van der Waals surface area (Å²) in [6.45, 7) is 3.51. The Bertz CT molecular complexity index is 399. The molecule has 1 aliphatic rings. The summed E-state index contributed by atoms with van der Waals surface area (Å²) in [4.78, 5) is 11.2. The van der Waals surface area contributed by atoms with E-state index in [0.29, 0.717) is 0 Å². The van der Waals surface area contributed by atoms with E-state index in [-0.39, 0.29) is 23.9 Å². The quantitative estimate of drug-likeness (QED) is 0.757. The molecule has 0 aromatic heterocycles. The van der Waals surface area contributed by atoms with E-state index in [1.54, 1.807) is 18.6 Å². The number of hydrogen-bond acceptors (Lipinski definition) is 4. The van der Waals surface area contributed by atoms with Crippen LogP contribution in [0.3, 0.4) is 0 Å². The molecule has 1 saturated carbocycles. The minimum absolute atomic E-state index is 0.0148. The van der Waals surface area contributed by atoms with E-state index >= 15 is 0 Å². The molecular weight excluding hydrogens is 292 g/mol. The van der Waals surface area contributed by atoms with E-state index < -0.39 is 16.3 Å². The highest BCUT2D eigenvalue weighted by Crippen LogP contribution is 2.28. The first kappa shape index (κ1) is 16.5. The van der Waals surface area contributed by atoms with E-state index in [2.05, 4.69) is 4.72 Å². The Labute approximate surface area is 119 Å². The van der Waals surface area contributed by atoms with Crippen molar-refractivity contribution in [3.05, 3.63) is 0 Å². The number of rotatable bonds is 5. The second kappa shape index (κ2) is 7.31. The van der Waals surface area contributed by atoms with Crippen LogP contribution in [0.1, 0.15) is 39.5 Å². The molecule has 8 heteroatoms. The van der Waals surface area contributed by atoms with Crippen molar-refractivity contribution in [3.63, 3.8) is 0 Å². The predicted octanol–water partition coefficient (Wildman–Crippen LogP) is 1.75. The predicted molar refractivity (Wildman–Crippen MR) is 73.3 cm³/mol. The zero-order valence-electron chi connectivity index (χ0n) is 11.2. The molecule has 2 N–H and O–H groups in total. The maximum absolute atomic E-state index is 11.6. The minimum Gasteiger partial charge on any atom is -0.446 e. The molecule has 0 aliphatic heterocycles. The third kappa shape index (κ3) is 6.44. The van der Waals surface area contributed by atoms with Gasteiger partial charge in [0.15, 0.2) is 0 Å². The summed E-state index contributed by atoms with van der Waals surface area (Å²) in [5, 5.41) is -0.0148. The highest BCUT2D eigenvalue weighted by Gasteiger charge is 2.25. The molecule has 112 valence electrons. The number of ether oxygens (including phenoxy) is 1. The molecule has 0 saturated heterocycles. The molecule has 1 rings (SSSR count). The van der Waals surface area contributed by atoms with Crippen molar-refractivity contribution >= 4 is 27.9 Å². The van der Waals surface area contributed by atoms with Crippen LogP contribution in [0, 0.1) is 5.92 Å². The van der Waals surface area contributed by atoms with Crippen LogP contribution in [-0.4, -0.2) is 32.5 Å². The van der Waals surface area contributed by atoms with Gasteiger partial charge in [-0.2, -0.15) is 13.1 Å². The van der Waals surface area contributed by atoms with Crippen LogP contribution in [0.2, 0.25) is 0 Å². The number of amides is 1. The lowest BCUT2D eigenvalue weighted by molar-refractivity contribution is 0.121. The third-order valence-electron chi connectivity index (χ3n) is 2.91. The Hall–Kier alpha value is -0.530. The van der Waals surface area contributed by atoms with Gasteiger partial charge in [0.05, 0.1) is 6.10 Å². The van der Waals surface area contributed by atoms with Crippen molar-refractivity contribution in [1.82, 2.24) is 9.44 Å². The third-order valence-corrected chi connectivity index (χ3v) is 4.47. The van der Waals surface area contributed by atoms with Gasteiger partial charge < -0.3 is 4.74 Å². The van der Waals surface area contributed by atoms with Gasteiger partial charge in [0.2, 0.25) is 0 Å². The normalized spacial score (nSPS) is 24.2. The first-order valence-electron chi connectivity index (χ1n) is 6.42. The standard InChI is InChI=1S/C11H21ClN2O4S/c1-8(2)18-11(15)14-19(16,17)13-7-9-5-3-4-6-10(9)12/h8-10,13H,3-7H2,1-2H3,(H,14,15). The number of hydrogen-bond donors (Lipinski definition) is 2. The molecule has 0 aromatic carbocycles. The monoisotopic (exact) mass is 312 g/mol. The SMILES string of the molecule is CC(C)OC(=O)NS(=O)(=O)NCC1CCCCC1Cl. The molecule has 19 heavy (non-hydrogen) atoms. The van der Waals surface area contributed by atoms with Gasteiger partial charge in [-0.25, -0.2) is 9.52 Å². The average Bonchev–Trinajstić information content (AvgIpc) is 2.26. The van der Waals surface area contributed by atoms with Gasteiger partial charge in [-0.3, -0.25) is 0 Å². The zero-order chi connectivity index (χ0) is 14.5. The fourth-order valence-electron chi connectivity index (χ4n) is 1.99. The summed E-state index contributed by atoms with van der Waals surface area (Å²) in [5.41, 5.74) is 0. The van der Waals surface area contributed by atoms with E-state index in [1.807, 2.05) is 0 Å². The topological polar surface area (TPSA) is 84.5 Å². The van der Waals surface area contributed by atoms with Crippen molar-refractivity contribution in [1.29, 1.82) is 0 Å². The van der Waals surface area contributed by atoms with Crippen LogP contribution in [0.15, 0.2) is 0 Å². The second-order valence-electron chi connectivity index (χ2n) is 4.97. The largest absolute Gasteiger partial charge is 0.446 e. The average molecular weight is 313 g/mol. The Balaban J connectivity index is 2.39. The second-order valence-corrected chi connectivity index (χ2v) is 7.03. The van der Waals surface area contributed by atoms with Crippen molar-refractivity contribution in [2.75, 3.05) is 6.54 Å². The van der Waals surface area contributed by atoms with Gasteiger partial charge in [-0.1, -0.05) is 12.8 Å². The van der Waals surface area contributed by atoms with Crippen molar-refractivity contribution in [2.24, 2.45) is 5.92 Å². The van der Waals surface area contributed by atoms with Gasteiger partial charge in [0.25, 0.3) is 0 Å². The fraction of sp³-hybridized carbons (Fsp3) is 0.909. The maximum Gasteiger partial charge on any atom is 0.422 e.